The molecule has 322 valence electrons. The standard InChI is InChI=1S/C48H54N8O6/c1-28(2)41(53-47(59)61-4)45(57)56-27-29(3)22-40(56)44-50-26-38(52-44)36-20-19-34-23-33(17-18-35(34)24-36)30-13-15-31(16-14-30)37-25-49-43(51-37)39-12-9-21-55(39)46(58)42(54-48(60)62-5)32-10-7-6-8-11-32/h6-8,10-11,13-20,23-26,28-29,39-42,47,53,59H,9,12,21-22,27H2,1-5H3,(H,49,51)(H,50,52)(H,54,60)/t29?,39-,40-,41-,42+,47?/m0/s1. The van der Waals surface area contributed by atoms with Gasteiger partial charge in [-0.25, -0.2) is 14.8 Å². The highest BCUT2D eigenvalue weighted by Crippen LogP contribution is 2.37. The minimum absolute atomic E-state index is 0.0562. The molecule has 3 amide bonds. The third kappa shape index (κ3) is 8.85. The number of aliphatic hydroxyl groups excluding tert-OH is 1. The number of carbonyl (C=O) groups excluding carboxylic acids is 3. The Morgan fingerprint density at radius 2 is 1.39 bits per heavy atom. The highest BCUT2D eigenvalue weighted by molar-refractivity contribution is 5.91. The van der Waals surface area contributed by atoms with Gasteiger partial charge in [0.15, 0.2) is 0 Å². The van der Waals surface area contributed by atoms with Crippen LogP contribution in [0.15, 0.2) is 103 Å². The summed E-state index contributed by atoms with van der Waals surface area (Å²) in [6, 6.07) is 28.4. The van der Waals surface area contributed by atoms with Crippen molar-refractivity contribution in [2.75, 3.05) is 27.3 Å². The molecule has 2 aromatic heterocycles. The van der Waals surface area contributed by atoms with Crippen LogP contribution in [0.1, 0.15) is 75.4 Å². The number of likely N-dealkylation sites (tertiary alicyclic amines) is 2. The number of benzene rings is 4. The molecule has 2 aliphatic heterocycles. The Labute approximate surface area is 361 Å². The van der Waals surface area contributed by atoms with Crippen molar-refractivity contribution >= 4 is 28.7 Å². The van der Waals surface area contributed by atoms with Gasteiger partial charge >= 0.3 is 6.09 Å². The number of aromatic nitrogens is 4. The van der Waals surface area contributed by atoms with Crippen LogP contribution >= 0.6 is 0 Å². The third-order valence-electron chi connectivity index (χ3n) is 12.1. The van der Waals surface area contributed by atoms with E-state index in [9.17, 15) is 19.5 Å². The predicted molar refractivity (Wildman–Crippen MR) is 236 cm³/mol. The van der Waals surface area contributed by atoms with Gasteiger partial charge in [-0.2, -0.15) is 0 Å². The fraction of sp³-hybridized carbons (Fsp3) is 0.354. The highest BCUT2D eigenvalue weighted by atomic mass is 16.6. The number of ether oxygens (including phenoxy) is 2. The smallest absolute Gasteiger partial charge is 0.407 e. The molecule has 4 heterocycles. The van der Waals surface area contributed by atoms with Crippen molar-refractivity contribution in [1.82, 2.24) is 40.4 Å². The summed E-state index contributed by atoms with van der Waals surface area (Å²) < 4.78 is 9.82. The largest absolute Gasteiger partial charge is 0.453 e. The minimum atomic E-state index is -1.23. The normalized spacial score (nSPS) is 19.2. The topological polar surface area (TPSA) is 178 Å². The molecule has 0 bridgehead atoms. The molecule has 6 aromatic rings. The molecular weight excluding hydrogens is 785 g/mol. The van der Waals surface area contributed by atoms with E-state index >= 15 is 0 Å². The monoisotopic (exact) mass is 838 g/mol. The van der Waals surface area contributed by atoms with E-state index in [0.29, 0.717) is 30.4 Å². The number of aromatic amines is 2. The number of hydrogen-bond acceptors (Lipinski definition) is 9. The SMILES string of the molecule is COC(=O)N[C@@H](C(=O)N1CCC[C@H]1c1ncc(-c2ccc(-c3ccc4cc(-c5cnc([C@@H]6CC(C)CN6C(=O)[C@@H](NC(O)OC)C(C)C)[nH]5)ccc4c3)cc2)[nH]1)c1ccccc1. The first-order valence-corrected chi connectivity index (χ1v) is 21.2. The zero-order valence-corrected chi connectivity index (χ0v) is 35.7. The number of hydrogen-bond donors (Lipinski definition) is 5. The molecule has 4 aromatic carbocycles. The molecule has 8 rings (SSSR count). The van der Waals surface area contributed by atoms with E-state index in [2.05, 4.69) is 88.2 Å². The summed E-state index contributed by atoms with van der Waals surface area (Å²) in [5, 5.41) is 17.9. The maximum atomic E-state index is 13.9. The maximum absolute atomic E-state index is 13.9. The lowest BCUT2D eigenvalue weighted by atomic mass is 9.98. The zero-order valence-electron chi connectivity index (χ0n) is 35.7. The molecule has 5 N–H and O–H groups in total. The molecule has 2 fully saturated rings. The molecule has 14 nitrogen and oxygen atoms in total. The van der Waals surface area contributed by atoms with Gasteiger partial charge in [0.05, 0.1) is 49.0 Å². The number of imidazole rings is 2. The second-order valence-corrected chi connectivity index (χ2v) is 16.7. The van der Waals surface area contributed by atoms with Gasteiger partial charge in [0.2, 0.25) is 12.3 Å². The summed E-state index contributed by atoms with van der Waals surface area (Å²) in [7, 11) is 2.68. The zero-order chi connectivity index (χ0) is 43.5. The summed E-state index contributed by atoms with van der Waals surface area (Å²) in [5.74, 6) is 1.40. The number of rotatable bonds is 13. The fourth-order valence-electron chi connectivity index (χ4n) is 8.83. The highest BCUT2D eigenvalue weighted by Gasteiger charge is 2.40. The van der Waals surface area contributed by atoms with Gasteiger partial charge in [-0.1, -0.05) is 99.6 Å². The number of alkyl carbamates (subject to hydrolysis) is 1. The molecule has 0 spiro atoms. The summed E-state index contributed by atoms with van der Waals surface area (Å²) in [6.45, 7) is 7.20. The number of carbonyl (C=O) groups is 3. The number of methoxy groups -OCH3 is 2. The molecular formula is C48H54N8O6. The molecule has 2 unspecified atom stereocenters. The van der Waals surface area contributed by atoms with Crippen molar-refractivity contribution in [3.05, 3.63) is 121 Å². The van der Waals surface area contributed by atoms with Crippen molar-refractivity contribution in [3.63, 3.8) is 0 Å². The van der Waals surface area contributed by atoms with Crippen LogP contribution in [-0.2, 0) is 19.1 Å². The van der Waals surface area contributed by atoms with Crippen molar-refractivity contribution < 1.29 is 29.0 Å². The van der Waals surface area contributed by atoms with Crippen LogP contribution in [0.3, 0.4) is 0 Å². The van der Waals surface area contributed by atoms with Crippen LogP contribution in [-0.4, -0.2) is 92.5 Å². The summed E-state index contributed by atoms with van der Waals surface area (Å²) >= 11 is 0. The first-order valence-electron chi connectivity index (χ1n) is 21.2. The first kappa shape index (κ1) is 42.3. The quantitative estimate of drug-likeness (QED) is 0.0738. The lowest BCUT2D eigenvalue weighted by Crippen LogP contribution is -2.53. The van der Waals surface area contributed by atoms with Gasteiger partial charge in [0.1, 0.15) is 17.7 Å². The molecule has 0 saturated carbocycles. The Morgan fingerprint density at radius 1 is 0.774 bits per heavy atom. The van der Waals surface area contributed by atoms with Crippen LogP contribution in [0.4, 0.5) is 4.79 Å². The van der Waals surface area contributed by atoms with Gasteiger partial charge in [-0.15, -0.1) is 0 Å². The van der Waals surface area contributed by atoms with E-state index in [0.717, 1.165) is 69.5 Å². The molecule has 62 heavy (non-hydrogen) atoms. The van der Waals surface area contributed by atoms with Gasteiger partial charge in [-0.3, -0.25) is 14.9 Å². The Kier molecular flexibility index (Phi) is 12.5. The second-order valence-electron chi connectivity index (χ2n) is 16.7. The van der Waals surface area contributed by atoms with Gasteiger partial charge in [0.25, 0.3) is 5.91 Å². The van der Waals surface area contributed by atoms with E-state index in [-0.39, 0.29) is 29.8 Å². The molecule has 14 heteroatoms. The number of nitrogens with zero attached hydrogens (tertiary/aromatic N) is 4. The van der Waals surface area contributed by atoms with Crippen molar-refractivity contribution in [2.24, 2.45) is 11.8 Å². The van der Waals surface area contributed by atoms with E-state index in [1.807, 2.05) is 61.5 Å². The molecule has 0 radical (unpaired) electrons. The maximum Gasteiger partial charge on any atom is 0.407 e. The fourth-order valence-corrected chi connectivity index (χ4v) is 8.83. The Hall–Kier alpha value is -6.35. The van der Waals surface area contributed by atoms with Crippen molar-refractivity contribution in [3.8, 4) is 33.6 Å². The van der Waals surface area contributed by atoms with Gasteiger partial charge in [0, 0.05) is 25.8 Å². The van der Waals surface area contributed by atoms with Crippen LogP contribution in [0.25, 0.3) is 44.4 Å². The summed E-state index contributed by atoms with van der Waals surface area (Å²) in [5.41, 5.74) is 6.55. The van der Waals surface area contributed by atoms with E-state index in [1.165, 1.54) is 14.2 Å². The number of aliphatic hydroxyl groups is 1. The Balaban J connectivity index is 0.947. The van der Waals surface area contributed by atoms with Crippen LogP contribution in [0.5, 0.6) is 0 Å². The second kappa shape index (κ2) is 18.3. The van der Waals surface area contributed by atoms with Gasteiger partial charge < -0.3 is 39.7 Å². The van der Waals surface area contributed by atoms with E-state index in [4.69, 9.17) is 19.4 Å². The number of nitrogens with one attached hydrogen (secondary N) is 4. The van der Waals surface area contributed by atoms with Crippen molar-refractivity contribution in [1.29, 1.82) is 0 Å². The lowest BCUT2D eigenvalue weighted by molar-refractivity contribution is -0.145. The van der Waals surface area contributed by atoms with Crippen LogP contribution < -0.4 is 10.6 Å². The van der Waals surface area contributed by atoms with Crippen LogP contribution in [0.2, 0.25) is 0 Å². The first-order chi connectivity index (χ1) is 30.0. The Bertz CT molecular complexity index is 2520. The van der Waals surface area contributed by atoms with Crippen LogP contribution in [0, 0.1) is 11.8 Å². The number of H-pyrrole nitrogens is 2. The molecule has 6 atom stereocenters. The summed E-state index contributed by atoms with van der Waals surface area (Å²) in [4.78, 5) is 60.1. The molecule has 2 aliphatic rings. The molecule has 2 saturated heterocycles. The lowest BCUT2D eigenvalue weighted by Gasteiger charge is -2.31. The van der Waals surface area contributed by atoms with Gasteiger partial charge in [-0.05, 0) is 76.3 Å². The number of fused-ring (bicyclic) bond motifs is 1. The van der Waals surface area contributed by atoms with E-state index in [1.54, 1.807) is 4.90 Å². The minimum Gasteiger partial charge on any atom is -0.453 e. The molecule has 0 aliphatic carbocycles. The average molecular weight is 839 g/mol. The van der Waals surface area contributed by atoms with Crippen molar-refractivity contribution in [2.45, 2.75) is 70.6 Å². The Morgan fingerprint density at radius 3 is 2.05 bits per heavy atom. The summed E-state index contributed by atoms with van der Waals surface area (Å²) in [6.07, 6.45) is 4.11. The van der Waals surface area contributed by atoms with E-state index < -0.39 is 24.6 Å². The average Bonchev–Trinajstić information content (AvgIpc) is 4.14. The predicted octanol–water partition coefficient (Wildman–Crippen LogP) is 7.49. The third-order valence-corrected chi connectivity index (χ3v) is 12.1. The number of amides is 3.